The topological polar surface area (TPSA) is 58.7 Å². The summed E-state index contributed by atoms with van der Waals surface area (Å²) >= 11 is 0. The van der Waals surface area contributed by atoms with E-state index in [1.165, 1.54) is 6.42 Å². The molecule has 2 N–H and O–H groups in total. The van der Waals surface area contributed by atoms with Gasteiger partial charge >= 0.3 is 6.03 Å². The van der Waals surface area contributed by atoms with Crippen LogP contribution in [0.4, 0.5) is 4.79 Å². The van der Waals surface area contributed by atoms with Crippen LogP contribution in [0.25, 0.3) is 0 Å². The number of rotatable bonds is 2. The predicted molar refractivity (Wildman–Crippen MR) is 68.9 cm³/mol. The van der Waals surface area contributed by atoms with Crippen LogP contribution in [0, 0.1) is 5.41 Å². The van der Waals surface area contributed by atoms with Gasteiger partial charge in [0.25, 0.3) is 0 Å². The number of carbonyl (C=O) groups excluding carboxylic acids is 1. The van der Waals surface area contributed by atoms with Crippen LogP contribution in [-0.4, -0.2) is 28.9 Å². The van der Waals surface area contributed by atoms with Gasteiger partial charge in [0.2, 0.25) is 0 Å². The Morgan fingerprint density at radius 3 is 2.71 bits per heavy atom. The molecule has 1 atom stereocenters. The highest BCUT2D eigenvalue weighted by Crippen LogP contribution is 2.49. The lowest BCUT2D eigenvalue weighted by Crippen LogP contribution is -2.64. The van der Waals surface area contributed by atoms with Crippen LogP contribution < -0.4 is 5.73 Å². The fourth-order valence-corrected chi connectivity index (χ4v) is 3.39. The van der Waals surface area contributed by atoms with Crippen molar-refractivity contribution in [1.29, 1.82) is 0 Å². The maximum absolute atomic E-state index is 11.9. The van der Waals surface area contributed by atoms with Crippen molar-refractivity contribution in [3.8, 4) is 0 Å². The van der Waals surface area contributed by atoms with Crippen LogP contribution in [0.2, 0.25) is 0 Å². The summed E-state index contributed by atoms with van der Waals surface area (Å²) in [6, 6.07) is -0.211. The molecule has 2 rings (SSSR count). The van der Waals surface area contributed by atoms with E-state index in [-0.39, 0.29) is 11.4 Å². The first-order chi connectivity index (χ1) is 7.95. The molecule has 1 saturated carbocycles. The minimum absolute atomic E-state index is 0.0198. The first-order valence-corrected chi connectivity index (χ1v) is 6.23. The van der Waals surface area contributed by atoms with E-state index in [4.69, 9.17) is 5.73 Å². The number of hydrogen-bond acceptors (Lipinski definition) is 2. The van der Waals surface area contributed by atoms with Gasteiger partial charge in [-0.15, -0.1) is 6.58 Å². The van der Waals surface area contributed by atoms with Crippen molar-refractivity contribution < 1.29 is 4.79 Å². The van der Waals surface area contributed by atoms with Gasteiger partial charge in [-0.25, -0.2) is 4.79 Å². The first kappa shape index (κ1) is 12.1. The van der Waals surface area contributed by atoms with Crippen molar-refractivity contribution in [2.75, 3.05) is 6.54 Å². The highest BCUT2D eigenvalue weighted by Gasteiger charge is 2.57. The number of amides is 2. The Morgan fingerprint density at radius 2 is 2.12 bits per heavy atom. The Morgan fingerprint density at radius 1 is 1.47 bits per heavy atom. The summed E-state index contributed by atoms with van der Waals surface area (Å²) in [7, 11) is 0. The van der Waals surface area contributed by atoms with E-state index in [9.17, 15) is 4.79 Å². The molecule has 2 amide bonds. The van der Waals surface area contributed by atoms with Gasteiger partial charge in [-0.1, -0.05) is 32.8 Å². The number of nitrogens with zero attached hydrogens (tertiary/aromatic N) is 2. The zero-order chi connectivity index (χ0) is 12.7. The van der Waals surface area contributed by atoms with Gasteiger partial charge in [0.1, 0.15) is 11.4 Å². The summed E-state index contributed by atoms with van der Waals surface area (Å²) in [5, 5.41) is 0. The molecule has 0 aromatic carbocycles. The van der Waals surface area contributed by atoms with Crippen LogP contribution in [0.1, 0.15) is 39.5 Å². The molecule has 1 fully saturated rings. The Labute approximate surface area is 103 Å². The molecule has 0 aromatic heterocycles. The summed E-state index contributed by atoms with van der Waals surface area (Å²) in [4.78, 5) is 17.7. The predicted octanol–water partition coefficient (Wildman–Crippen LogP) is 2.30. The van der Waals surface area contributed by atoms with Crippen LogP contribution in [-0.2, 0) is 0 Å². The molecule has 1 aliphatic carbocycles. The zero-order valence-corrected chi connectivity index (χ0v) is 10.7. The molecule has 0 bridgehead atoms. The lowest BCUT2D eigenvalue weighted by molar-refractivity contribution is 0.0442. The Balaban J connectivity index is 2.47. The van der Waals surface area contributed by atoms with Gasteiger partial charge in [-0.05, 0) is 18.3 Å². The molecule has 1 unspecified atom stereocenters. The molecular formula is C13H21N3O. The standard InChI is InChI=1S/C13H21N3O/c1-4-9-16-11(17)15-10(14)13(16)8-6-5-7-12(13,2)3/h4H,1,5-9H2,2-3H3,(H2,14,15,17). The summed E-state index contributed by atoms with van der Waals surface area (Å²) < 4.78 is 0. The van der Waals surface area contributed by atoms with Crippen molar-refractivity contribution in [2.45, 2.75) is 45.1 Å². The molecular weight excluding hydrogens is 214 g/mol. The Kier molecular flexibility index (Phi) is 2.76. The lowest BCUT2D eigenvalue weighted by atomic mass is 9.62. The fraction of sp³-hybridized carbons (Fsp3) is 0.692. The molecule has 4 heteroatoms. The lowest BCUT2D eigenvalue weighted by Gasteiger charge is -2.52. The van der Waals surface area contributed by atoms with E-state index in [2.05, 4.69) is 25.4 Å². The maximum atomic E-state index is 11.9. The molecule has 0 radical (unpaired) electrons. The summed E-state index contributed by atoms with van der Waals surface area (Å²) in [5.74, 6) is 0.494. The van der Waals surface area contributed by atoms with Gasteiger partial charge in [0.15, 0.2) is 0 Å². The normalized spacial score (nSPS) is 31.8. The molecule has 4 nitrogen and oxygen atoms in total. The Hall–Kier alpha value is -1.32. The molecule has 0 aromatic rings. The average molecular weight is 235 g/mol. The number of hydrogen-bond donors (Lipinski definition) is 1. The number of urea groups is 1. The van der Waals surface area contributed by atoms with E-state index in [1.54, 1.807) is 11.0 Å². The second kappa shape index (κ2) is 3.86. The van der Waals surface area contributed by atoms with E-state index in [0.717, 1.165) is 19.3 Å². The zero-order valence-electron chi connectivity index (χ0n) is 10.7. The van der Waals surface area contributed by atoms with Gasteiger partial charge in [0.05, 0.1) is 0 Å². The third kappa shape index (κ3) is 1.50. The highest BCUT2D eigenvalue weighted by atomic mass is 16.2. The van der Waals surface area contributed by atoms with Crippen molar-refractivity contribution in [1.82, 2.24) is 4.90 Å². The monoisotopic (exact) mass is 235 g/mol. The van der Waals surface area contributed by atoms with Crippen molar-refractivity contribution in [3.63, 3.8) is 0 Å². The SMILES string of the molecule is C=CCN1C(=O)N=C(N)C12CCCCC2(C)C. The molecule has 2 aliphatic rings. The highest BCUT2D eigenvalue weighted by molar-refractivity contribution is 6.06. The average Bonchev–Trinajstić information content (AvgIpc) is 2.48. The van der Waals surface area contributed by atoms with Gasteiger partial charge in [-0.2, -0.15) is 4.99 Å². The maximum Gasteiger partial charge on any atom is 0.346 e. The second-order valence-electron chi connectivity index (χ2n) is 5.63. The van der Waals surface area contributed by atoms with Crippen molar-refractivity contribution in [2.24, 2.45) is 16.1 Å². The Bertz CT molecular complexity index is 386. The molecule has 94 valence electrons. The van der Waals surface area contributed by atoms with Gasteiger partial charge in [0, 0.05) is 6.54 Å². The summed E-state index contributed by atoms with van der Waals surface area (Å²) in [6.45, 7) is 8.61. The first-order valence-electron chi connectivity index (χ1n) is 6.23. The summed E-state index contributed by atoms with van der Waals surface area (Å²) in [5.41, 5.74) is 5.67. The number of amidine groups is 1. The molecule has 1 aliphatic heterocycles. The fourth-order valence-electron chi connectivity index (χ4n) is 3.39. The van der Waals surface area contributed by atoms with Gasteiger partial charge in [-0.3, -0.25) is 0 Å². The van der Waals surface area contributed by atoms with Crippen LogP contribution in [0.15, 0.2) is 17.6 Å². The van der Waals surface area contributed by atoms with Crippen LogP contribution in [0.5, 0.6) is 0 Å². The minimum Gasteiger partial charge on any atom is -0.385 e. The van der Waals surface area contributed by atoms with E-state index >= 15 is 0 Å². The van der Waals surface area contributed by atoms with E-state index in [0.29, 0.717) is 12.4 Å². The third-order valence-electron chi connectivity index (χ3n) is 4.35. The molecule has 17 heavy (non-hydrogen) atoms. The molecule has 1 spiro atoms. The van der Waals surface area contributed by atoms with Crippen LogP contribution >= 0.6 is 0 Å². The van der Waals surface area contributed by atoms with Crippen LogP contribution in [0.3, 0.4) is 0 Å². The van der Waals surface area contributed by atoms with E-state index < -0.39 is 5.54 Å². The molecule has 0 saturated heterocycles. The number of carbonyl (C=O) groups is 1. The summed E-state index contributed by atoms with van der Waals surface area (Å²) in [6.07, 6.45) is 6.02. The largest absolute Gasteiger partial charge is 0.385 e. The quantitative estimate of drug-likeness (QED) is 0.747. The van der Waals surface area contributed by atoms with Crippen molar-refractivity contribution in [3.05, 3.63) is 12.7 Å². The van der Waals surface area contributed by atoms with E-state index in [1.807, 2.05) is 0 Å². The number of aliphatic imine (C=N–C) groups is 1. The third-order valence-corrected chi connectivity index (χ3v) is 4.35. The smallest absolute Gasteiger partial charge is 0.346 e. The van der Waals surface area contributed by atoms with Crippen molar-refractivity contribution >= 4 is 11.9 Å². The van der Waals surface area contributed by atoms with Gasteiger partial charge < -0.3 is 10.6 Å². The number of nitrogens with two attached hydrogens (primary N) is 1. The second-order valence-corrected chi connectivity index (χ2v) is 5.63. The minimum atomic E-state index is -0.392. The molecule has 1 heterocycles.